The van der Waals surface area contributed by atoms with Crippen LogP contribution in [-0.4, -0.2) is 40.5 Å². The molecule has 0 saturated carbocycles. The van der Waals surface area contributed by atoms with Crippen LogP contribution in [0, 0.1) is 0 Å². The third-order valence-electron chi connectivity index (χ3n) is 2.22. The SMILES string of the molecule is CN(C)C(=O)N(C)c1ccc(S(N)(=O)=O)cc1. The Morgan fingerprint density at radius 1 is 1.12 bits per heavy atom. The molecule has 0 aliphatic rings. The van der Waals surface area contributed by atoms with E-state index in [0.29, 0.717) is 5.69 Å². The van der Waals surface area contributed by atoms with Gasteiger partial charge in [0.15, 0.2) is 0 Å². The van der Waals surface area contributed by atoms with Gasteiger partial charge in [-0.15, -0.1) is 0 Å². The van der Waals surface area contributed by atoms with Crippen molar-refractivity contribution in [2.45, 2.75) is 4.90 Å². The number of nitrogens with two attached hydrogens (primary N) is 1. The Morgan fingerprint density at radius 2 is 1.59 bits per heavy atom. The predicted molar refractivity (Wildman–Crippen MR) is 65.3 cm³/mol. The van der Waals surface area contributed by atoms with Crippen molar-refractivity contribution in [2.75, 3.05) is 26.0 Å². The summed E-state index contributed by atoms with van der Waals surface area (Å²) in [5, 5.41) is 4.97. The maximum atomic E-state index is 11.6. The highest BCUT2D eigenvalue weighted by atomic mass is 32.2. The molecule has 0 aliphatic heterocycles. The number of amides is 2. The zero-order chi connectivity index (χ0) is 13.2. The van der Waals surface area contributed by atoms with Crippen molar-refractivity contribution in [3.63, 3.8) is 0 Å². The van der Waals surface area contributed by atoms with Crippen molar-refractivity contribution in [3.05, 3.63) is 24.3 Å². The van der Waals surface area contributed by atoms with Crippen molar-refractivity contribution in [3.8, 4) is 0 Å². The van der Waals surface area contributed by atoms with Gasteiger partial charge in [-0.1, -0.05) is 0 Å². The van der Waals surface area contributed by atoms with Crippen LogP contribution in [0.25, 0.3) is 0 Å². The second-order valence-corrected chi connectivity index (χ2v) is 5.34. The first-order valence-electron chi connectivity index (χ1n) is 4.81. The predicted octanol–water partition coefficient (Wildman–Crippen LogP) is 0.452. The van der Waals surface area contributed by atoms with E-state index in [1.165, 1.54) is 34.1 Å². The van der Waals surface area contributed by atoms with Gasteiger partial charge in [0.2, 0.25) is 10.0 Å². The molecule has 17 heavy (non-hydrogen) atoms. The van der Waals surface area contributed by atoms with Crippen LogP contribution in [-0.2, 0) is 10.0 Å². The number of anilines is 1. The van der Waals surface area contributed by atoms with Crippen LogP contribution < -0.4 is 10.0 Å². The molecule has 0 aliphatic carbocycles. The summed E-state index contributed by atoms with van der Waals surface area (Å²) in [6.45, 7) is 0. The van der Waals surface area contributed by atoms with Crippen molar-refractivity contribution in [1.29, 1.82) is 0 Å². The summed E-state index contributed by atoms with van der Waals surface area (Å²) < 4.78 is 22.1. The van der Waals surface area contributed by atoms with E-state index in [1.54, 1.807) is 21.1 Å². The molecule has 1 aromatic carbocycles. The van der Waals surface area contributed by atoms with E-state index in [0.717, 1.165) is 0 Å². The number of primary sulfonamides is 1. The van der Waals surface area contributed by atoms with Crippen molar-refractivity contribution < 1.29 is 13.2 Å². The lowest BCUT2D eigenvalue weighted by atomic mass is 10.3. The van der Waals surface area contributed by atoms with Gasteiger partial charge in [0.05, 0.1) is 4.90 Å². The Morgan fingerprint density at radius 3 is 1.94 bits per heavy atom. The van der Waals surface area contributed by atoms with E-state index in [9.17, 15) is 13.2 Å². The van der Waals surface area contributed by atoms with E-state index < -0.39 is 10.0 Å². The largest absolute Gasteiger partial charge is 0.330 e. The molecule has 0 atom stereocenters. The lowest BCUT2D eigenvalue weighted by molar-refractivity contribution is 0.225. The second kappa shape index (κ2) is 4.72. The number of nitrogens with zero attached hydrogens (tertiary/aromatic N) is 2. The van der Waals surface area contributed by atoms with E-state index in [1.807, 2.05) is 0 Å². The number of hydrogen-bond donors (Lipinski definition) is 1. The Hall–Kier alpha value is -1.60. The number of benzene rings is 1. The maximum Gasteiger partial charge on any atom is 0.323 e. The molecular weight excluding hydrogens is 242 g/mol. The van der Waals surface area contributed by atoms with Crippen LogP contribution in [0.3, 0.4) is 0 Å². The molecule has 0 saturated heterocycles. The highest BCUT2D eigenvalue weighted by Crippen LogP contribution is 2.16. The van der Waals surface area contributed by atoms with Gasteiger partial charge in [0, 0.05) is 26.8 Å². The molecule has 0 fully saturated rings. The first kappa shape index (κ1) is 13.5. The van der Waals surface area contributed by atoms with Gasteiger partial charge in [0.1, 0.15) is 0 Å². The Kier molecular flexibility index (Phi) is 3.74. The number of sulfonamides is 1. The molecule has 1 rings (SSSR count). The lowest BCUT2D eigenvalue weighted by Gasteiger charge is -2.21. The lowest BCUT2D eigenvalue weighted by Crippen LogP contribution is -2.36. The van der Waals surface area contributed by atoms with Crippen LogP contribution in [0.5, 0.6) is 0 Å². The summed E-state index contributed by atoms with van der Waals surface area (Å²) in [7, 11) is 1.18. The number of carbonyl (C=O) groups excluding carboxylic acids is 1. The molecule has 0 unspecified atom stereocenters. The van der Waals surface area contributed by atoms with E-state index in [-0.39, 0.29) is 10.9 Å². The first-order chi connectivity index (χ1) is 7.73. The summed E-state index contributed by atoms with van der Waals surface area (Å²) in [4.78, 5) is 14.5. The molecule has 2 amide bonds. The molecule has 0 heterocycles. The van der Waals surface area contributed by atoms with Crippen molar-refractivity contribution in [2.24, 2.45) is 5.14 Å². The van der Waals surface area contributed by atoms with Crippen LogP contribution in [0.15, 0.2) is 29.2 Å². The van der Waals surface area contributed by atoms with Gasteiger partial charge in [-0.2, -0.15) is 0 Å². The summed E-state index contributed by atoms with van der Waals surface area (Å²) >= 11 is 0. The fourth-order valence-electron chi connectivity index (χ4n) is 1.27. The van der Waals surface area contributed by atoms with Gasteiger partial charge >= 0.3 is 6.03 Å². The second-order valence-electron chi connectivity index (χ2n) is 3.77. The minimum Gasteiger partial charge on any atom is -0.330 e. The highest BCUT2D eigenvalue weighted by molar-refractivity contribution is 7.89. The smallest absolute Gasteiger partial charge is 0.323 e. The van der Waals surface area contributed by atoms with Crippen LogP contribution in [0.2, 0.25) is 0 Å². The first-order valence-corrected chi connectivity index (χ1v) is 6.36. The molecule has 2 N–H and O–H groups in total. The van der Waals surface area contributed by atoms with E-state index in [4.69, 9.17) is 5.14 Å². The fourth-order valence-corrected chi connectivity index (χ4v) is 1.79. The van der Waals surface area contributed by atoms with Crippen LogP contribution in [0.4, 0.5) is 10.5 Å². The molecule has 94 valence electrons. The standard InChI is InChI=1S/C10H15N3O3S/c1-12(2)10(14)13(3)8-4-6-9(7-5-8)17(11,15)16/h4-7H,1-3H3,(H2,11,15,16). The third kappa shape index (κ3) is 3.18. The molecular formula is C10H15N3O3S. The van der Waals surface area contributed by atoms with Gasteiger partial charge < -0.3 is 4.90 Å². The molecule has 1 aromatic rings. The molecule has 7 heteroatoms. The Labute approximate surface area is 101 Å². The van der Waals surface area contributed by atoms with E-state index >= 15 is 0 Å². The zero-order valence-corrected chi connectivity index (χ0v) is 10.7. The van der Waals surface area contributed by atoms with Gasteiger partial charge in [0.25, 0.3) is 0 Å². The molecule has 6 nitrogen and oxygen atoms in total. The molecule has 0 spiro atoms. The number of hydrogen-bond acceptors (Lipinski definition) is 3. The van der Waals surface area contributed by atoms with Gasteiger partial charge in [-0.3, -0.25) is 4.90 Å². The Bertz CT molecular complexity index is 508. The average Bonchev–Trinajstić information content (AvgIpc) is 2.26. The summed E-state index contributed by atoms with van der Waals surface area (Å²) in [6.07, 6.45) is 0. The monoisotopic (exact) mass is 257 g/mol. The topological polar surface area (TPSA) is 83.7 Å². The van der Waals surface area contributed by atoms with Gasteiger partial charge in [-0.05, 0) is 24.3 Å². The summed E-state index contributed by atoms with van der Waals surface area (Å²) in [5.74, 6) is 0. The maximum absolute atomic E-state index is 11.6. The number of carbonyl (C=O) groups is 1. The number of rotatable bonds is 2. The number of urea groups is 1. The normalized spacial score (nSPS) is 11.1. The van der Waals surface area contributed by atoms with Crippen molar-refractivity contribution in [1.82, 2.24) is 4.90 Å². The average molecular weight is 257 g/mol. The minimum absolute atomic E-state index is 0.0203. The van der Waals surface area contributed by atoms with Crippen molar-refractivity contribution >= 4 is 21.7 Å². The quantitative estimate of drug-likeness (QED) is 0.835. The van der Waals surface area contributed by atoms with E-state index in [2.05, 4.69) is 0 Å². The molecule has 0 bridgehead atoms. The minimum atomic E-state index is -3.70. The Balaban J connectivity index is 3.00. The van der Waals surface area contributed by atoms with Gasteiger partial charge in [-0.25, -0.2) is 18.4 Å². The van der Waals surface area contributed by atoms with Crippen LogP contribution >= 0.6 is 0 Å². The van der Waals surface area contributed by atoms with Crippen LogP contribution in [0.1, 0.15) is 0 Å². The fraction of sp³-hybridized carbons (Fsp3) is 0.300. The summed E-state index contributed by atoms with van der Waals surface area (Å²) in [5.41, 5.74) is 0.594. The molecule has 0 radical (unpaired) electrons. The summed E-state index contributed by atoms with van der Waals surface area (Å²) in [6, 6.07) is 5.59. The third-order valence-corrected chi connectivity index (χ3v) is 3.15. The zero-order valence-electron chi connectivity index (χ0n) is 9.91. The molecule has 0 aromatic heterocycles. The highest BCUT2D eigenvalue weighted by Gasteiger charge is 2.13.